The fourth-order valence-corrected chi connectivity index (χ4v) is 3.64. The van der Waals surface area contributed by atoms with Gasteiger partial charge in [0.2, 0.25) is 5.13 Å². The number of aromatic nitrogens is 2. The molecule has 2 aromatic rings. The first-order valence-electron chi connectivity index (χ1n) is 5.80. The summed E-state index contributed by atoms with van der Waals surface area (Å²) in [4.78, 5) is 11.4. The topological polar surface area (TPSA) is 64.1 Å². The van der Waals surface area contributed by atoms with Gasteiger partial charge in [-0.2, -0.15) is 0 Å². The smallest absolute Gasteiger partial charge is 0.319 e. The first-order valence-corrected chi connectivity index (χ1v) is 7.50. The molecule has 1 aromatic heterocycles. The monoisotopic (exact) mass is 293 g/mol. The van der Waals surface area contributed by atoms with Crippen molar-refractivity contribution >= 4 is 39.9 Å². The first-order chi connectivity index (χ1) is 9.31. The zero-order chi connectivity index (χ0) is 13.1. The number of nitrogens with one attached hydrogen (secondary N) is 1. The second-order valence-electron chi connectivity index (χ2n) is 3.93. The summed E-state index contributed by atoms with van der Waals surface area (Å²) in [5.41, 5.74) is 0.968. The molecule has 0 radical (unpaired) electrons. The molecule has 1 aliphatic heterocycles. The van der Waals surface area contributed by atoms with Crippen LogP contribution in [0.1, 0.15) is 6.42 Å². The van der Waals surface area contributed by atoms with Gasteiger partial charge in [-0.15, -0.1) is 10.2 Å². The molecular formula is C12H11N3O2S2. The van der Waals surface area contributed by atoms with Crippen LogP contribution >= 0.6 is 23.1 Å². The van der Waals surface area contributed by atoms with Crippen molar-refractivity contribution in [2.75, 3.05) is 11.9 Å². The van der Waals surface area contributed by atoms with E-state index in [4.69, 9.17) is 4.74 Å². The van der Waals surface area contributed by atoms with Gasteiger partial charge in [-0.05, 0) is 12.1 Å². The zero-order valence-corrected chi connectivity index (χ0v) is 11.5. The number of nitrogens with zero attached hydrogens (tertiary/aromatic N) is 2. The van der Waals surface area contributed by atoms with Crippen molar-refractivity contribution in [1.82, 2.24) is 10.2 Å². The molecule has 0 aliphatic carbocycles. The first kappa shape index (κ1) is 12.4. The molecule has 1 N–H and O–H groups in total. The van der Waals surface area contributed by atoms with E-state index >= 15 is 0 Å². The van der Waals surface area contributed by atoms with E-state index in [1.807, 2.05) is 30.3 Å². The Balaban J connectivity index is 1.65. The number of hydrogen-bond acceptors (Lipinski definition) is 7. The number of anilines is 2. The fraction of sp³-hybridized carbons (Fsp3) is 0.250. The standard InChI is InChI=1S/C12H11N3O2S2/c16-10-9(6-7-17-10)18-12-15-14-11(19-12)13-8-4-2-1-3-5-8/h1-5,9H,6-7H2,(H,13,14)/t9-/m1/s1. The Bertz CT molecular complexity index is 573. The van der Waals surface area contributed by atoms with E-state index in [2.05, 4.69) is 15.5 Å². The summed E-state index contributed by atoms with van der Waals surface area (Å²) in [7, 11) is 0. The van der Waals surface area contributed by atoms with Gasteiger partial charge in [0.25, 0.3) is 0 Å². The van der Waals surface area contributed by atoms with Crippen molar-refractivity contribution in [3.8, 4) is 0 Å². The predicted molar refractivity (Wildman–Crippen MR) is 74.9 cm³/mol. The van der Waals surface area contributed by atoms with Crippen molar-refractivity contribution in [3.63, 3.8) is 0 Å². The van der Waals surface area contributed by atoms with E-state index in [0.29, 0.717) is 6.61 Å². The molecule has 1 atom stereocenters. The minimum atomic E-state index is -0.155. The summed E-state index contributed by atoms with van der Waals surface area (Å²) in [6.45, 7) is 0.504. The Morgan fingerprint density at radius 2 is 2.16 bits per heavy atom. The Hall–Kier alpha value is -1.60. The highest BCUT2D eigenvalue weighted by Crippen LogP contribution is 2.33. The van der Waals surface area contributed by atoms with Gasteiger partial charge in [0.1, 0.15) is 5.25 Å². The number of ether oxygens (including phenoxy) is 1. The van der Waals surface area contributed by atoms with Crippen LogP contribution in [0.5, 0.6) is 0 Å². The van der Waals surface area contributed by atoms with Crippen molar-refractivity contribution in [1.29, 1.82) is 0 Å². The molecule has 0 bridgehead atoms. The number of hydrogen-bond donors (Lipinski definition) is 1. The van der Waals surface area contributed by atoms with Crippen molar-refractivity contribution in [2.45, 2.75) is 16.0 Å². The number of para-hydroxylation sites is 1. The van der Waals surface area contributed by atoms with Gasteiger partial charge in [0, 0.05) is 12.1 Å². The van der Waals surface area contributed by atoms with E-state index in [1.165, 1.54) is 23.1 Å². The summed E-state index contributed by atoms with van der Waals surface area (Å²) < 4.78 is 5.70. The number of carbonyl (C=O) groups is 1. The minimum Gasteiger partial charge on any atom is -0.465 e. The third-order valence-corrected chi connectivity index (χ3v) is 4.73. The Kier molecular flexibility index (Phi) is 3.65. The maximum atomic E-state index is 11.4. The van der Waals surface area contributed by atoms with Crippen LogP contribution in [0.4, 0.5) is 10.8 Å². The van der Waals surface area contributed by atoms with Crippen LogP contribution in [0, 0.1) is 0 Å². The quantitative estimate of drug-likeness (QED) is 0.874. The highest BCUT2D eigenvalue weighted by molar-refractivity contribution is 8.02. The Morgan fingerprint density at radius 1 is 1.32 bits per heavy atom. The summed E-state index contributed by atoms with van der Waals surface area (Å²) in [5.74, 6) is -0.155. The lowest BCUT2D eigenvalue weighted by atomic mass is 10.3. The van der Waals surface area contributed by atoms with Crippen LogP contribution < -0.4 is 5.32 Å². The molecule has 5 nitrogen and oxygen atoms in total. The second kappa shape index (κ2) is 5.58. The Morgan fingerprint density at radius 3 is 2.89 bits per heavy atom. The van der Waals surface area contributed by atoms with Crippen LogP contribution in [0.2, 0.25) is 0 Å². The number of benzene rings is 1. The predicted octanol–water partition coefficient (Wildman–Crippen LogP) is 2.69. The third-order valence-electron chi connectivity index (χ3n) is 2.56. The summed E-state index contributed by atoms with van der Waals surface area (Å²) in [5, 5.41) is 11.9. The average Bonchev–Trinajstić information content (AvgIpc) is 3.02. The van der Waals surface area contributed by atoms with Crippen LogP contribution in [-0.4, -0.2) is 28.0 Å². The normalized spacial score (nSPS) is 18.3. The van der Waals surface area contributed by atoms with Crippen LogP contribution in [-0.2, 0) is 9.53 Å². The van der Waals surface area contributed by atoms with E-state index in [9.17, 15) is 4.79 Å². The molecule has 2 heterocycles. The number of thioether (sulfide) groups is 1. The molecular weight excluding hydrogens is 282 g/mol. The maximum absolute atomic E-state index is 11.4. The van der Waals surface area contributed by atoms with Crippen molar-refractivity contribution < 1.29 is 9.53 Å². The number of esters is 1. The lowest BCUT2D eigenvalue weighted by Crippen LogP contribution is -2.08. The second-order valence-corrected chi connectivity index (χ2v) is 6.35. The van der Waals surface area contributed by atoms with E-state index in [-0.39, 0.29) is 11.2 Å². The molecule has 1 saturated heterocycles. The number of cyclic esters (lactones) is 1. The molecule has 0 unspecified atom stereocenters. The van der Waals surface area contributed by atoms with Crippen LogP contribution in [0.3, 0.4) is 0 Å². The zero-order valence-electron chi connectivity index (χ0n) is 9.91. The molecule has 1 aromatic carbocycles. The van der Waals surface area contributed by atoms with Crippen molar-refractivity contribution in [2.24, 2.45) is 0 Å². The van der Waals surface area contributed by atoms with Crippen LogP contribution in [0.15, 0.2) is 34.7 Å². The minimum absolute atomic E-state index is 0.141. The van der Waals surface area contributed by atoms with Crippen molar-refractivity contribution in [3.05, 3.63) is 30.3 Å². The summed E-state index contributed by atoms with van der Waals surface area (Å²) in [6.07, 6.45) is 0.741. The molecule has 1 fully saturated rings. The largest absolute Gasteiger partial charge is 0.465 e. The highest BCUT2D eigenvalue weighted by atomic mass is 32.2. The maximum Gasteiger partial charge on any atom is 0.319 e. The molecule has 1 aliphatic rings. The lowest BCUT2D eigenvalue weighted by Gasteiger charge is -2.00. The molecule has 19 heavy (non-hydrogen) atoms. The van der Waals surface area contributed by atoms with Gasteiger partial charge in [-0.25, -0.2) is 0 Å². The van der Waals surface area contributed by atoms with E-state index in [0.717, 1.165) is 21.6 Å². The molecule has 0 saturated carbocycles. The lowest BCUT2D eigenvalue weighted by molar-refractivity contribution is -0.137. The molecule has 98 valence electrons. The third kappa shape index (κ3) is 3.05. The van der Waals surface area contributed by atoms with Crippen LogP contribution in [0.25, 0.3) is 0 Å². The SMILES string of the molecule is O=C1OCC[C@H]1Sc1nnc(Nc2ccccc2)s1. The fourth-order valence-electron chi connectivity index (χ4n) is 1.66. The van der Waals surface area contributed by atoms with E-state index < -0.39 is 0 Å². The molecule has 3 rings (SSSR count). The molecule has 7 heteroatoms. The average molecular weight is 293 g/mol. The summed E-state index contributed by atoms with van der Waals surface area (Å²) >= 11 is 2.86. The van der Waals surface area contributed by atoms with Gasteiger partial charge in [0.05, 0.1) is 6.61 Å². The number of rotatable bonds is 4. The molecule has 0 spiro atoms. The Labute approximate surface area is 118 Å². The van der Waals surface area contributed by atoms with Gasteiger partial charge in [-0.3, -0.25) is 4.79 Å². The highest BCUT2D eigenvalue weighted by Gasteiger charge is 2.28. The van der Waals surface area contributed by atoms with Gasteiger partial charge >= 0.3 is 5.97 Å². The van der Waals surface area contributed by atoms with E-state index in [1.54, 1.807) is 0 Å². The number of carbonyl (C=O) groups excluding carboxylic acids is 1. The van der Waals surface area contributed by atoms with Gasteiger partial charge in [-0.1, -0.05) is 41.3 Å². The van der Waals surface area contributed by atoms with Gasteiger partial charge < -0.3 is 10.1 Å². The van der Waals surface area contributed by atoms with Gasteiger partial charge in [0.15, 0.2) is 4.34 Å². The molecule has 0 amide bonds. The summed E-state index contributed by atoms with van der Waals surface area (Å²) in [6, 6.07) is 9.78.